The SMILES string of the molecule is CCn1cncc1COc1cccc(N)c1. The second-order valence-electron chi connectivity index (χ2n) is 3.53. The van der Waals surface area contributed by atoms with Gasteiger partial charge in [0.05, 0.1) is 18.2 Å². The van der Waals surface area contributed by atoms with Gasteiger partial charge in [0.2, 0.25) is 0 Å². The first-order chi connectivity index (χ1) is 7.79. The van der Waals surface area contributed by atoms with Crippen LogP contribution in [0.15, 0.2) is 36.8 Å². The maximum Gasteiger partial charge on any atom is 0.130 e. The van der Waals surface area contributed by atoms with Crippen LogP contribution in [0.3, 0.4) is 0 Å². The van der Waals surface area contributed by atoms with Gasteiger partial charge in [-0.3, -0.25) is 0 Å². The zero-order valence-electron chi connectivity index (χ0n) is 9.26. The lowest BCUT2D eigenvalue weighted by Crippen LogP contribution is -2.03. The fourth-order valence-corrected chi connectivity index (χ4v) is 1.51. The average Bonchev–Trinajstić information content (AvgIpc) is 2.74. The van der Waals surface area contributed by atoms with Crippen LogP contribution in [-0.4, -0.2) is 9.55 Å². The van der Waals surface area contributed by atoms with Crippen molar-refractivity contribution < 1.29 is 4.74 Å². The number of ether oxygens (including phenoxy) is 1. The number of imidazole rings is 1. The molecule has 0 bridgehead atoms. The fourth-order valence-electron chi connectivity index (χ4n) is 1.51. The van der Waals surface area contributed by atoms with E-state index in [0.29, 0.717) is 12.3 Å². The highest BCUT2D eigenvalue weighted by Gasteiger charge is 2.01. The predicted molar refractivity (Wildman–Crippen MR) is 63.1 cm³/mol. The zero-order valence-corrected chi connectivity index (χ0v) is 9.26. The summed E-state index contributed by atoms with van der Waals surface area (Å²) in [6.07, 6.45) is 3.62. The van der Waals surface area contributed by atoms with Crippen molar-refractivity contribution in [2.24, 2.45) is 0 Å². The molecule has 4 heteroatoms. The van der Waals surface area contributed by atoms with Crippen molar-refractivity contribution in [3.63, 3.8) is 0 Å². The first-order valence-electron chi connectivity index (χ1n) is 5.27. The van der Waals surface area contributed by atoms with Crippen molar-refractivity contribution in [2.45, 2.75) is 20.1 Å². The predicted octanol–water partition coefficient (Wildman–Crippen LogP) is 2.06. The second kappa shape index (κ2) is 4.70. The van der Waals surface area contributed by atoms with Crippen LogP contribution >= 0.6 is 0 Å². The molecule has 0 aliphatic heterocycles. The molecule has 1 aromatic heterocycles. The van der Waals surface area contributed by atoms with Gasteiger partial charge in [-0.1, -0.05) is 6.07 Å². The van der Waals surface area contributed by atoms with E-state index in [0.717, 1.165) is 18.0 Å². The van der Waals surface area contributed by atoms with Gasteiger partial charge in [-0.15, -0.1) is 0 Å². The molecule has 0 saturated heterocycles. The smallest absolute Gasteiger partial charge is 0.130 e. The molecular weight excluding hydrogens is 202 g/mol. The quantitative estimate of drug-likeness (QED) is 0.797. The molecule has 0 aliphatic rings. The number of anilines is 1. The molecule has 4 nitrogen and oxygen atoms in total. The Morgan fingerprint density at radius 2 is 2.31 bits per heavy atom. The number of benzene rings is 1. The summed E-state index contributed by atoms with van der Waals surface area (Å²) in [5.41, 5.74) is 7.44. The lowest BCUT2D eigenvalue weighted by Gasteiger charge is -2.08. The number of hydrogen-bond acceptors (Lipinski definition) is 3. The van der Waals surface area contributed by atoms with Gasteiger partial charge in [0.25, 0.3) is 0 Å². The molecule has 0 unspecified atom stereocenters. The summed E-state index contributed by atoms with van der Waals surface area (Å²) in [6.45, 7) is 3.48. The molecule has 2 aromatic rings. The molecule has 0 atom stereocenters. The van der Waals surface area contributed by atoms with Crippen molar-refractivity contribution >= 4 is 5.69 Å². The Bertz CT molecular complexity index is 465. The summed E-state index contributed by atoms with van der Waals surface area (Å²) in [4.78, 5) is 4.08. The van der Waals surface area contributed by atoms with Gasteiger partial charge in [-0.05, 0) is 19.1 Å². The first kappa shape index (κ1) is 10.5. The number of hydrogen-bond donors (Lipinski definition) is 1. The highest BCUT2D eigenvalue weighted by Crippen LogP contribution is 2.16. The van der Waals surface area contributed by atoms with Crippen LogP contribution in [0, 0.1) is 0 Å². The van der Waals surface area contributed by atoms with Gasteiger partial charge in [0, 0.05) is 18.3 Å². The van der Waals surface area contributed by atoms with Gasteiger partial charge in [0.1, 0.15) is 12.4 Å². The third kappa shape index (κ3) is 2.34. The molecule has 16 heavy (non-hydrogen) atoms. The minimum absolute atomic E-state index is 0.511. The largest absolute Gasteiger partial charge is 0.487 e. The van der Waals surface area contributed by atoms with E-state index in [1.54, 1.807) is 6.33 Å². The van der Waals surface area contributed by atoms with Gasteiger partial charge in [0.15, 0.2) is 0 Å². The lowest BCUT2D eigenvalue weighted by molar-refractivity contribution is 0.295. The van der Waals surface area contributed by atoms with Crippen LogP contribution in [0.1, 0.15) is 12.6 Å². The Balaban J connectivity index is 2.02. The van der Waals surface area contributed by atoms with E-state index in [-0.39, 0.29) is 0 Å². The van der Waals surface area contributed by atoms with Crippen molar-refractivity contribution in [1.82, 2.24) is 9.55 Å². The van der Waals surface area contributed by atoms with Crippen LogP contribution in [0.5, 0.6) is 5.75 Å². The number of rotatable bonds is 4. The molecule has 0 aliphatic carbocycles. The Morgan fingerprint density at radius 3 is 3.06 bits per heavy atom. The highest BCUT2D eigenvalue weighted by molar-refractivity contribution is 5.43. The molecule has 2 N–H and O–H groups in total. The Kier molecular flexibility index (Phi) is 3.10. The van der Waals surface area contributed by atoms with Gasteiger partial charge in [-0.25, -0.2) is 4.98 Å². The molecule has 0 spiro atoms. The normalized spacial score (nSPS) is 10.3. The highest BCUT2D eigenvalue weighted by atomic mass is 16.5. The van der Waals surface area contributed by atoms with Crippen LogP contribution in [0.2, 0.25) is 0 Å². The third-order valence-corrected chi connectivity index (χ3v) is 2.38. The van der Waals surface area contributed by atoms with Crippen molar-refractivity contribution in [1.29, 1.82) is 0 Å². The number of aryl methyl sites for hydroxylation is 1. The van der Waals surface area contributed by atoms with E-state index in [1.165, 1.54) is 0 Å². The Morgan fingerprint density at radius 1 is 1.44 bits per heavy atom. The van der Waals surface area contributed by atoms with E-state index < -0.39 is 0 Å². The molecule has 0 saturated carbocycles. The third-order valence-electron chi connectivity index (χ3n) is 2.38. The van der Waals surface area contributed by atoms with Gasteiger partial charge in [-0.2, -0.15) is 0 Å². The summed E-state index contributed by atoms with van der Waals surface area (Å²) in [7, 11) is 0. The van der Waals surface area contributed by atoms with E-state index >= 15 is 0 Å². The summed E-state index contributed by atoms with van der Waals surface area (Å²) in [5, 5.41) is 0. The maximum absolute atomic E-state index is 5.67. The summed E-state index contributed by atoms with van der Waals surface area (Å²) < 4.78 is 7.68. The van der Waals surface area contributed by atoms with Crippen LogP contribution in [0.4, 0.5) is 5.69 Å². The number of aromatic nitrogens is 2. The number of nitrogen functional groups attached to an aromatic ring is 1. The molecule has 1 aromatic carbocycles. The molecular formula is C12H15N3O. The lowest BCUT2D eigenvalue weighted by atomic mass is 10.3. The van der Waals surface area contributed by atoms with E-state index in [1.807, 2.05) is 35.0 Å². The topological polar surface area (TPSA) is 53.1 Å². The maximum atomic E-state index is 5.67. The molecule has 2 rings (SSSR count). The first-order valence-corrected chi connectivity index (χ1v) is 5.27. The summed E-state index contributed by atoms with van der Waals surface area (Å²) in [5.74, 6) is 0.781. The number of nitrogens with two attached hydrogens (primary N) is 1. The number of nitrogens with zero attached hydrogens (tertiary/aromatic N) is 2. The minimum atomic E-state index is 0.511. The second-order valence-corrected chi connectivity index (χ2v) is 3.53. The van der Waals surface area contributed by atoms with Crippen LogP contribution < -0.4 is 10.5 Å². The molecule has 0 radical (unpaired) electrons. The van der Waals surface area contributed by atoms with Crippen molar-refractivity contribution in [3.05, 3.63) is 42.5 Å². The summed E-state index contributed by atoms with van der Waals surface area (Å²) in [6, 6.07) is 7.42. The Hall–Kier alpha value is -1.97. The van der Waals surface area contributed by atoms with Crippen LogP contribution in [-0.2, 0) is 13.2 Å². The van der Waals surface area contributed by atoms with E-state index in [2.05, 4.69) is 11.9 Å². The van der Waals surface area contributed by atoms with Gasteiger partial charge < -0.3 is 15.0 Å². The fraction of sp³-hybridized carbons (Fsp3) is 0.250. The average molecular weight is 217 g/mol. The summed E-state index contributed by atoms with van der Waals surface area (Å²) >= 11 is 0. The standard InChI is InChI=1S/C12H15N3O/c1-2-15-9-14-7-11(15)8-16-12-5-3-4-10(13)6-12/h3-7,9H,2,8,13H2,1H3. The van der Waals surface area contributed by atoms with E-state index in [9.17, 15) is 0 Å². The van der Waals surface area contributed by atoms with Crippen LogP contribution in [0.25, 0.3) is 0 Å². The van der Waals surface area contributed by atoms with E-state index in [4.69, 9.17) is 10.5 Å². The minimum Gasteiger partial charge on any atom is -0.487 e. The molecule has 0 fully saturated rings. The monoisotopic (exact) mass is 217 g/mol. The van der Waals surface area contributed by atoms with Crippen molar-refractivity contribution in [3.8, 4) is 5.75 Å². The molecule has 1 heterocycles. The molecule has 0 amide bonds. The molecule has 84 valence electrons. The Labute approximate surface area is 94.7 Å². The van der Waals surface area contributed by atoms with Gasteiger partial charge >= 0.3 is 0 Å². The van der Waals surface area contributed by atoms with Crippen molar-refractivity contribution in [2.75, 3.05) is 5.73 Å². The zero-order chi connectivity index (χ0) is 11.4.